The number of nitrogens with one attached hydrogen (secondary N) is 1. The van der Waals surface area contributed by atoms with Gasteiger partial charge in [-0.05, 0) is 28.4 Å². The Labute approximate surface area is 149 Å². The summed E-state index contributed by atoms with van der Waals surface area (Å²) in [6.07, 6.45) is 1.56. The molecule has 0 bridgehead atoms. The Morgan fingerprint density at radius 3 is 2.75 bits per heavy atom. The minimum atomic E-state index is -3.83. The molecule has 0 spiro atoms. The second-order valence-electron chi connectivity index (χ2n) is 5.23. The van der Waals surface area contributed by atoms with Crippen molar-refractivity contribution in [2.24, 2.45) is 12.2 Å². The van der Waals surface area contributed by atoms with Gasteiger partial charge in [-0.2, -0.15) is 5.10 Å². The second-order valence-corrected chi connectivity index (χ2v) is 9.39. The zero-order valence-corrected chi connectivity index (χ0v) is 16.0. The van der Waals surface area contributed by atoms with Gasteiger partial charge in [0.15, 0.2) is 5.52 Å². The van der Waals surface area contributed by atoms with Gasteiger partial charge in [-0.1, -0.05) is 13.3 Å². The topological polar surface area (TPSA) is 124 Å². The van der Waals surface area contributed by atoms with Crippen molar-refractivity contribution in [2.45, 2.75) is 24.0 Å². The van der Waals surface area contributed by atoms with Gasteiger partial charge in [-0.15, -0.1) is 11.3 Å². The molecule has 0 aliphatic carbocycles. The molecule has 3 N–H and O–H groups in total. The molecule has 0 atom stereocenters. The van der Waals surface area contributed by atoms with E-state index in [4.69, 9.17) is 5.14 Å². The van der Waals surface area contributed by atoms with Crippen molar-refractivity contribution in [3.8, 4) is 11.4 Å². The van der Waals surface area contributed by atoms with Crippen LogP contribution in [0.25, 0.3) is 22.4 Å². The number of nitrogens with two attached hydrogens (primary N) is 1. The third kappa shape index (κ3) is 2.92. The smallest absolute Gasteiger partial charge is 0.277 e. The number of hydrogen-bond acceptors (Lipinski definition) is 6. The van der Waals surface area contributed by atoms with Crippen molar-refractivity contribution in [2.75, 3.05) is 0 Å². The molecular weight excluding hydrogens is 418 g/mol. The lowest BCUT2D eigenvalue weighted by Crippen LogP contribution is -2.12. The monoisotopic (exact) mass is 431 g/mol. The molecule has 0 fully saturated rings. The number of rotatable bonds is 4. The zero-order chi connectivity index (χ0) is 17.6. The summed E-state index contributed by atoms with van der Waals surface area (Å²) < 4.78 is 25.1. The lowest BCUT2D eigenvalue weighted by Gasteiger charge is -2.00. The number of halogens is 1. The summed E-state index contributed by atoms with van der Waals surface area (Å²) in [5.74, 6) is 0.274. The van der Waals surface area contributed by atoms with Crippen LogP contribution in [-0.4, -0.2) is 28.2 Å². The molecule has 3 heterocycles. The predicted molar refractivity (Wildman–Crippen MR) is 95.5 cm³/mol. The van der Waals surface area contributed by atoms with Crippen LogP contribution in [0, 0.1) is 0 Å². The number of sulfonamides is 1. The second kappa shape index (κ2) is 6.06. The molecule has 0 aliphatic heterocycles. The van der Waals surface area contributed by atoms with Gasteiger partial charge in [0, 0.05) is 12.6 Å². The normalized spacial score (nSPS) is 12.2. The molecule has 0 amide bonds. The summed E-state index contributed by atoms with van der Waals surface area (Å²) in [7, 11) is -2.13. The number of hydrogen-bond donors (Lipinski definition) is 2. The Morgan fingerprint density at radius 1 is 1.46 bits per heavy atom. The van der Waals surface area contributed by atoms with E-state index in [1.165, 1.54) is 10.7 Å². The molecule has 0 saturated carbocycles. The minimum absolute atomic E-state index is 0.00732. The highest BCUT2D eigenvalue weighted by Crippen LogP contribution is 2.36. The number of thiophene rings is 1. The summed E-state index contributed by atoms with van der Waals surface area (Å²) in [6.45, 7) is 2.02. The lowest BCUT2D eigenvalue weighted by molar-refractivity contribution is 0.600. The van der Waals surface area contributed by atoms with Gasteiger partial charge in [0.25, 0.3) is 5.56 Å². The maximum Gasteiger partial charge on any atom is 0.277 e. The molecule has 3 aromatic rings. The van der Waals surface area contributed by atoms with E-state index in [-0.39, 0.29) is 15.6 Å². The van der Waals surface area contributed by atoms with E-state index in [1.807, 2.05) is 6.92 Å². The summed E-state index contributed by atoms with van der Waals surface area (Å²) in [4.78, 5) is 19.6. The summed E-state index contributed by atoms with van der Waals surface area (Å²) in [6, 6.07) is 1.39. The largest absolute Gasteiger partial charge is 0.305 e. The maximum absolute atomic E-state index is 12.4. The van der Waals surface area contributed by atoms with Crippen molar-refractivity contribution in [3.63, 3.8) is 0 Å². The third-order valence-corrected chi connectivity index (χ3v) is 6.71. The Kier molecular flexibility index (Phi) is 4.36. The lowest BCUT2D eigenvalue weighted by atomic mass is 10.2. The number of aromatic nitrogens is 4. The van der Waals surface area contributed by atoms with Gasteiger partial charge in [0.2, 0.25) is 10.0 Å². The van der Waals surface area contributed by atoms with Crippen molar-refractivity contribution < 1.29 is 8.42 Å². The van der Waals surface area contributed by atoms with Crippen LogP contribution in [0.1, 0.15) is 19.0 Å². The highest BCUT2D eigenvalue weighted by atomic mass is 79.9. The third-order valence-electron chi connectivity index (χ3n) is 3.45. The van der Waals surface area contributed by atoms with Gasteiger partial charge >= 0.3 is 0 Å². The maximum atomic E-state index is 12.4. The zero-order valence-electron chi connectivity index (χ0n) is 12.8. The molecule has 24 heavy (non-hydrogen) atoms. The first kappa shape index (κ1) is 17.3. The summed E-state index contributed by atoms with van der Waals surface area (Å²) in [5, 5.41) is 9.51. The number of nitrogens with zero attached hydrogens (tertiary/aromatic N) is 3. The van der Waals surface area contributed by atoms with Gasteiger partial charge < -0.3 is 4.98 Å². The van der Waals surface area contributed by atoms with Crippen LogP contribution in [0.3, 0.4) is 0 Å². The van der Waals surface area contributed by atoms with E-state index in [1.54, 1.807) is 7.05 Å². The molecule has 0 aliphatic rings. The molecule has 11 heteroatoms. The van der Waals surface area contributed by atoms with Crippen molar-refractivity contribution >= 4 is 48.3 Å². The fourth-order valence-electron chi connectivity index (χ4n) is 2.43. The molecule has 3 rings (SSSR count). The SMILES string of the molecule is CCCc1nn(C)c2c(=O)[nH]c(-c3cc(S(N)(=O)=O)sc3Br)nc12. The molecule has 3 aromatic heterocycles. The van der Waals surface area contributed by atoms with E-state index >= 15 is 0 Å². The number of H-pyrrole nitrogens is 1. The summed E-state index contributed by atoms with van der Waals surface area (Å²) >= 11 is 4.27. The van der Waals surface area contributed by atoms with E-state index in [0.29, 0.717) is 26.8 Å². The summed E-state index contributed by atoms with van der Waals surface area (Å²) in [5.41, 5.74) is 1.78. The number of primary sulfonamides is 1. The fourth-order valence-corrected chi connectivity index (χ4v) is 5.19. The van der Waals surface area contributed by atoms with Crippen LogP contribution in [0.4, 0.5) is 0 Å². The quantitative estimate of drug-likeness (QED) is 0.650. The highest BCUT2D eigenvalue weighted by Gasteiger charge is 2.20. The molecule has 128 valence electrons. The average Bonchev–Trinajstić information content (AvgIpc) is 3.01. The Balaban J connectivity index is 2.27. The van der Waals surface area contributed by atoms with Crippen LogP contribution >= 0.6 is 27.3 Å². The van der Waals surface area contributed by atoms with Crippen LogP contribution in [0.2, 0.25) is 0 Å². The fraction of sp³-hybridized carbons (Fsp3) is 0.308. The van der Waals surface area contributed by atoms with Gasteiger partial charge in [0.05, 0.1) is 9.48 Å². The Morgan fingerprint density at radius 2 is 2.17 bits per heavy atom. The molecule has 0 unspecified atom stereocenters. The first-order valence-corrected chi connectivity index (χ1v) is 10.2. The molecule has 0 saturated heterocycles. The van der Waals surface area contributed by atoms with Crippen LogP contribution in [0.5, 0.6) is 0 Å². The van der Waals surface area contributed by atoms with E-state index in [2.05, 4.69) is 31.0 Å². The number of aromatic amines is 1. The minimum Gasteiger partial charge on any atom is -0.305 e. The first-order valence-electron chi connectivity index (χ1n) is 7.00. The van der Waals surface area contributed by atoms with Crippen LogP contribution in [0.15, 0.2) is 18.9 Å². The predicted octanol–water partition coefficient (Wildman–Crippen LogP) is 1.75. The van der Waals surface area contributed by atoms with E-state index < -0.39 is 10.0 Å². The van der Waals surface area contributed by atoms with Gasteiger partial charge in [-0.3, -0.25) is 9.48 Å². The first-order chi connectivity index (χ1) is 11.2. The van der Waals surface area contributed by atoms with Crippen LogP contribution in [-0.2, 0) is 23.5 Å². The van der Waals surface area contributed by atoms with Crippen molar-refractivity contribution in [1.29, 1.82) is 0 Å². The standard InChI is InChI=1S/C13H14BrN5O3S2/c1-3-4-7-9-10(19(2)18-7)13(20)17-12(16-9)6-5-8(23-11(6)14)24(15,21)22/h5H,3-4H2,1-2H3,(H2,15,21,22)(H,16,17,20). The molecule has 8 nitrogen and oxygen atoms in total. The molecular formula is C13H14BrN5O3S2. The molecule has 0 aromatic carbocycles. The Hall–Kier alpha value is -1.56. The number of aryl methyl sites for hydroxylation is 2. The average molecular weight is 432 g/mol. The van der Waals surface area contributed by atoms with Gasteiger partial charge in [0.1, 0.15) is 15.6 Å². The van der Waals surface area contributed by atoms with E-state index in [0.717, 1.165) is 23.5 Å². The van der Waals surface area contributed by atoms with Crippen molar-refractivity contribution in [3.05, 3.63) is 25.9 Å². The van der Waals surface area contributed by atoms with Gasteiger partial charge in [-0.25, -0.2) is 18.5 Å². The van der Waals surface area contributed by atoms with E-state index in [9.17, 15) is 13.2 Å². The molecule has 0 radical (unpaired) electrons. The number of fused-ring (bicyclic) bond motifs is 1. The van der Waals surface area contributed by atoms with Crippen molar-refractivity contribution in [1.82, 2.24) is 19.7 Å². The Bertz CT molecular complexity index is 1100. The van der Waals surface area contributed by atoms with Crippen LogP contribution < -0.4 is 10.7 Å². The highest BCUT2D eigenvalue weighted by molar-refractivity contribution is 9.11.